The summed E-state index contributed by atoms with van der Waals surface area (Å²) in [6.07, 6.45) is 4.88. The van der Waals surface area contributed by atoms with E-state index in [4.69, 9.17) is 19.2 Å². The summed E-state index contributed by atoms with van der Waals surface area (Å²) in [6, 6.07) is 4.25. The number of ether oxygens (including phenoxy) is 3. The highest BCUT2D eigenvalue weighted by molar-refractivity contribution is 5.80. The highest BCUT2D eigenvalue weighted by atomic mass is 16.5. The van der Waals surface area contributed by atoms with Gasteiger partial charge < -0.3 is 24.8 Å². The fourth-order valence-corrected chi connectivity index (χ4v) is 2.72. The summed E-state index contributed by atoms with van der Waals surface area (Å²) in [5.41, 5.74) is 0.996. The maximum Gasteiger partial charge on any atom is 0.203 e. The molecule has 6 nitrogen and oxygen atoms in total. The van der Waals surface area contributed by atoms with Crippen molar-refractivity contribution in [2.24, 2.45) is 4.99 Å². The number of aliphatic imine (C=N–C) groups is 1. The van der Waals surface area contributed by atoms with E-state index in [1.165, 1.54) is 19.3 Å². The van der Waals surface area contributed by atoms with Crippen molar-refractivity contribution in [2.75, 3.05) is 27.9 Å². The molecule has 1 unspecified atom stereocenters. The van der Waals surface area contributed by atoms with Crippen LogP contribution >= 0.6 is 0 Å². The summed E-state index contributed by atoms with van der Waals surface area (Å²) in [6.45, 7) is 7.83. The van der Waals surface area contributed by atoms with Crippen LogP contribution in [0.5, 0.6) is 17.2 Å². The molecule has 26 heavy (non-hydrogen) atoms. The lowest BCUT2D eigenvalue weighted by Crippen LogP contribution is -2.42. The number of rotatable bonds is 11. The predicted molar refractivity (Wildman–Crippen MR) is 108 cm³/mol. The van der Waals surface area contributed by atoms with Crippen molar-refractivity contribution in [1.82, 2.24) is 10.6 Å². The molecule has 0 saturated heterocycles. The van der Waals surface area contributed by atoms with Crippen LogP contribution in [0.4, 0.5) is 0 Å². The van der Waals surface area contributed by atoms with Crippen LogP contribution in [-0.4, -0.2) is 39.9 Å². The second-order valence-electron chi connectivity index (χ2n) is 6.27. The molecule has 0 radical (unpaired) electrons. The first-order valence-corrected chi connectivity index (χ1v) is 9.43. The number of benzene rings is 1. The zero-order valence-electron chi connectivity index (χ0n) is 17.1. The van der Waals surface area contributed by atoms with Crippen LogP contribution < -0.4 is 24.8 Å². The Hall–Kier alpha value is -2.11. The number of hydrogen-bond acceptors (Lipinski definition) is 4. The predicted octanol–water partition coefficient (Wildman–Crippen LogP) is 3.74. The SMILES string of the molecule is CCCCCC(C)NC(=NCc1cc(OC)c(OC)c(OC)c1)NCC. The third-order valence-corrected chi connectivity index (χ3v) is 4.11. The minimum Gasteiger partial charge on any atom is -0.493 e. The number of unbranched alkanes of at least 4 members (excludes halogenated alkanes) is 2. The second kappa shape index (κ2) is 12.3. The lowest BCUT2D eigenvalue weighted by atomic mass is 10.1. The average Bonchev–Trinajstić information content (AvgIpc) is 2.65. The Balaban J connectivity index is 2.85. The zero-order chi connectivity index (χ0) is 19.4. The molecule has 0 aliphatic heterocycles. The van der Waals surface area contributed by atoms with E-state index in [9.17, 15) is 0 Å². The van der Waals surface area contributed by atoms with Crippen LogP contribution in [0.1, 0.15) is 52.0 Å². The van der Waals surface area contributed by atoms with Gasteiger partial charge in [-0.3, -0.25) is 0 Å². The number of methoxy groups -OCH3 is 3. The molecular formula is C20H35N3O3. The van der Waals surface area contributed by atoms with Crippen molar-refractivity contribution in [3.8, 4) is 17.2 Å². The molecule has 0 aliphatic rings. The van der Waals surface area contributed by atoms with Crippen molar-refractivity contribution in [1.29, 1.82) is 0 Å². The number of hydrogen-bond donors (Lipinski definition) is 2. The van der Waals surface area contributed by atoms with Gasteiger partial charge in [-0.05, 0) is 38.0 Å². The molecule has 1 aromatic carbocycles. The third kappa shape index (κ3) is 7.02. The van der Waals surface area contributed by atoms with E-state index in [1.807, 2.05) is 12.1 Å². The van der Waals surface area contributed by atoms with Gasteiger partial charge in [-0.25, -0.2) is 4.99 Å². The van der Waals surface area contributed by atoms with Crippen LogP contribution in [0.3, 0.4) is 0 Å². The first kappa shape index (κ1) is 21.9. The van der Waals surface area contributed by atoms with Gasteiger partial charge in [-0.1, -0.05) is 26.2 Å². The van der Waals surface area contributed by atoms with Gasteiger partial charge in [0.2, 0.25) is 5.75 Å². The Kier molecular flexibility index (Phi) is 10.4. The van der Waals surface area contributed by atoms with E-state index < -0.39 is 0 Å². The summed E-state index contributed by atoms with van der Waals surface area (Å²) in [5, 5.41) is 6.78. The van der Waals surface area contributed by atoms with Crippen LogP contribution in [0.15, 0.2) is 17.1 Å². The van der Waals surface area contributed by atoms with Crippen molar-refractivity contribution < 1.29 is 14.2 Å². The van der Waals surface area contributed by atoms with E-state index >= 15 is 0 Å². The highest BCUT2D eigenvalue weighted by Gasteiger charge is 2.13. The van der Waals surface area contributed by atoms with Crippen molar-refractivity contribution in [3.05, 3.63) is 17.7 Å². The monoisotopic (exact) mass is 365 g/mol. The molecule has 1 atom stereocenters. The summed E-state index contributed by atoms with van der Waals surface area (Å²) in [5.74, 6) is 2.70. The van der Waals surface area contributed by atoms with Crippen LogP contribution in [0, 0.1) is 0 Å². The molecule has 2 N–H and O–H groups in total. The average molecular weight is 366 g/mol. The fraction of sp³-hybridized carbons (Fsp3) is 0.650. The second-order valence-corrected chi connectivity index (χ2v) is 6.27. The topological polar surface area (TPSA) is 64.1 Å². The lowest BCUT2D eigenvalue weighted by molar-refractivity contribution is 0.324. The fourth-order valence-electron chi connectivity index (χ4n) is 2.72. The maximum atomic E-state index is 5.41. The molecule has 0 amide bonds. The Bertz CT molecular complexity index is 536. The molecule has 0 aliphatic carbocycles. The van der Waals surface area contributed by atoms with Gasteiger partial charge in [0, 0.05) is 12.6 Å². The van der Waals surface area contributed by atoms with Crippen LogP contribution in [-0.2, 0) is 6.54 Å². The molecule has 0 heterocycles. The van der Waals surface area contributed by atoms with Gasteiger partial charge in [-0.15, -0.1) is 0 Å². The molecule has 1 aromatic rings. The lowest BCUT2D eigenvalue weighted by Gasteiger charge is -2.18. The van der Waals surface area contributed by atoms with Gasteiger partial charge >= 0.3 is 0 Å². The van der Waals surface area contributed by atoms with E-state index in [1.54, 1.807) is 21.3 Å². The minimum absolute atomic E-state index is 0.388. The van der Waals surface area contributed by atoms with Crippen molar-refractivity contribution in [2.45, 2.75) is 59.0 Å². The Morgan fingerprint density at radius 2 is 1.69 bits per heavy atom. The third-order valence-electron chi connectivity index (χ3n) is 4.11. The van der Waals surface area contributed by atoms with Gasteiger partial charge in [0.25, 0.3) is 0 Å². The quantitative estimate of drug-likeness (QED) is 0.355. The molecule has 0 bridgehead atoms. The Morgan fingerprint density at radius 3 is 2.19 bits per heavy atom. The highest BCUT2D eigenvalue weighted by Crippen LogP contribution is 2.38. The number of guanidine groups is 1. The standard InChI is InChI=1S/C20H35N3O3/c1-7-9-10-11-15(3)23-20(21-8-2)22-14-16-12-17(24-4)19(26-6)18(13-16)25-5/h12-13,15H,7-11,14H2,1-6H3,(H2,21,22,23). The van der Waals surface area contributed by atoms with Crippen molar-refractivity contribution >= 4 is 5.96 Å². The molecule has 0 fully saturated rings. The van der Waals surface area contributed by atoms with Gasteiger partial charge in [0.1, 0.15) is 0 Å². The van der Waals surface area contributed by atoms with Gasteiger partial charge in [0.05, 0.1) is 27.9 Å². The van der Waals surface area contributed by atoms with E-state index in [0.717, 1.165) is 24.5 Å². The Labute approximate surface area is 158 Å². The molecule has 0 spiro atoms. The van der Waals surface area contributed by atoms with Gasteiger partial charge in [-0.2, -0.15) is 0 Å². The number of nitrogens with one attached hydrogen (secondary N) is 2. The summed E-state index contributed by atoms with van der Waals surface area (Å²) < 4.78 is 16.2. The Morgan fingerprint density at radius 1 is 1.04 bits per heavy atom. The number of nitrogens with zero attached hydrogens (tertiary/aromatic N) is 1. The first-order chi connectivity index (χ1) is 12.6. The maximum absolute atomic E-state index is 5.41. The molecule has 1 rings (SSSR count). The molecule has 0 aromatic heterocycles. The smallest absolute Gasteiger partial charge is 0.203 e. The minimum atomic E-state index is 0.388. The summed E-state index contributed by atoms with van der Waals surface area (Å²) in [7, 11) is 4.84. The normalized spacial score (nSPS) is 12.5. The van der Waals surface area contributed by atoms with E-state index in [0.29, 0.717) is 29.8 Å². The molecule has 148 valence electrons. The van der Waals surface area contributed by atoms with Crippen LogP contribution in [0.25, 0.3) is 0 Å². The van der Waals surface area contributed by atoms with E-state index in [2.05, 4.69) is 31.4 Å². The van der Waals surface area contributed by atoms with Gasteiger partial charge in [0.15, 0.2) is 17.5 Å². The van der Waals surface area contributed by atoms with Crippen LogP contribution in [0.2, 0.25) is 0 Å². The summed E-state index contributed by atoms with van der Waals surface area (Å²) in [4.78, 5) is 4.70. The summed E-state index contributed by atoms with van der Waals surface area (Å²) >= 11 is 0. The molecular weight excluding hydrogens is 330 g/mol. The molecule has 0 saturated carbocycles. The first-order valence-electron chi connectivity index (χ1n) is 9.43. The van der Waals surface area contributed by atoms with E-state index in [-0.39, 0.29) is 0 Å². The molecule has 6 heteroatoms. The zero-order valence-corrected chi connectivity index (χ0v) is 17.1. The largest absolute Gasteiger partial charge is 0.493 e. The van der Waals surface area contributed by atoms with Crippen molar-refractivity contribution in [3.63, 3.8) is 0 Å².